The molecule has 0 saturated heterocycles. The summed E-state index contributed by atoms with van der Waals surface area (Å²) in [7, 11) is 0. The Morgan fingerprint density at radius 1 is 0.500 bits per heavy atom. The van der Waals surface area contributed by atoms with E-state index in [0.717, 1.165) is 81.3 Å². The van der Waals surface area contributed by atoms with Crippen LogP contribution in [-0.2, 0) is 0 Å². The average molecular weight is 511 g/mol. The van der Waals surface area contributed by atoms with E-state index in [1.54, 1.807) is 0 Å². The zero-order valence-electron chi connectivity index (χ0n) is 19.6. The molecule has 0 amide bonds. The molecule has 0 bridgehead atoms. The molecule has 0 N–H and O–H groups in total. The van der Waals surface area contributed by atoms with Crippen molar-refractivity contribution in [2.45, 2.75) is 12.8 Å². The monoisotopic (exact) mass is 510 g/mol. The third-order valence-corrected chi connectivity index (χ3v) is 7.23. The van der Waals surface area contributed by atoms with Crippen molar-refractivity contribution in [1.29, 1.82) is 0 Å². The molecular formula is C30H24Cl2N4. The molecule has 2 aliphatic heterocycles. The molecule has 178 valence electrons. The van der Waals surface area contributed by atoms with Gasteiger partial charge in [0, 0.05) is 58.5 Å². The SMILES string of the molecule is Clc1ccc(N2CC/C(=N\N=C3/CCN(c4ccc(Cl)cc4)c4ccccc43)c3ccccc32)cc1. The predicted molar refractivity (Wildman–Crippen MR) is 152 cm³/mol. The molecule has 2 aliphatic rings. The van der Waals surface area contributed by atoms with Crippen LogP contribution in [0.4, 0.5) is 22.7 Å². The van der Waals surface area contributed by atoms with Crippen molar-refractivity contribution in [3.63, 3.8) is 0 Å². The molecule has 4 aromatic rings. The Hall–Kier alpha value is -3.60. The molecule has 4 aromatic carbocycles. The lowest BCUT2D eigenvalue weighted by Gasteiger charge is -2.32. The summed E-state index contributed by atoms with van der Waals surface area (Å²) in [6, 6.07) is 32.8. The fourth-order valence-electron chi connectivity index (χ4n) is 4.96. The Labute approximate surface area is 221 Å². The van der Waals surface area contributed by atoms with Crippen molar-refractivity contribution in [3.8, 4) is 0 Å². The van der Waals surface area contributed by atoms with Crippen LogP contribution in [0.2, 0.25) is 10.0 Å². The van der Waals surface area contributed by atoms with E-state index in [4.69, 9.17) is 33.4 Å². The number of benzene rings is 4. The molecule has 4 nitrogen and oxygen atoms in total. The maximum absolute atomic E-state index is 6.11. The highest BCUT2D eigenvalue weighted by Gasteiger charge is 2.25. The van der Waals surface area contributed by atoms with Crippen molar-refractivity contribution in [2.24, 2.45) is 10.2 Å². The Morgan fingerprint density at radius 2 is 0.889 bits per heavy atom. The fraction of sp³-hybridized carbons (Fsp3) is 0.133. The smallest absolute Gasteiger partial charge is 0.0741 e. The average Bonchev–Trinajstić information content (AvgIpc) is 2.93. The van der Waals surface area contributed by atoms with Gasteiger partial charge in [-0.05, 0) is 60.7 Å². The molecule has 0 spiro atoms. The van der Waals surface area contributed by atoms with Crippen LogP contribution < -0.4 is 9.80 Å². The fourth-order valence-corrected chi connectivity index (χ4v) is 5.21. The first-order valence-corrected chi connectivity index (χ1v) is 12.8. The summed E-state index contributed by atoms with van der Waals surface area (Å²) in [5.41, 5.74) is 8.80. The molecule has 0 atom stereocenters. The third kappa shape index (κ3) is 4.39. The lowest BCUT2D eigenvalue weighted by atomic mass is 9.98. The van der Waals surface area contributed by atoms with Gasteiger partial charge in [-0.1, -0.05) is 59.6 Å². The maximum Gasteiger partial charge on any atom is 0.0741 e. The number of hydrogen-bond acceptors (Lipinski definition) is 4. The number of fused-ring (bicyclic) bond motifs is 2. The topological polar surface area (TPSA) is 31.2 Å². The van der Waals surface area contributed by atoms with Gasteiger partial charge in [0.25, 0.3) is 0 Å². The second-order valence-electron chi connectivity index (χ2n) is 8.88. The zero-order valence-corrected chi connectivity index (χ0v) is 21.1. The van der Waals surface area contributed by atoms with Gasteiger partial charge in [-0.15, -0.1) is 0 Å². The normalized spacial score (nSPS) is 17.3. The molecule has 0 aromatic heterocycles. The minimum absolute atomic E-state index is 0.740. The molecular weight excluding hydrogens is 487 g/mol. The summed E-state index contributed by atoms with van der Waals surface area (Å²) < 4.78 is 0. The van der Waals surface area contributed by atoms with Gasteiger partial charge < -0.3 is 9.80 Å². The van der Waals surface area contributed by atoms with Gasteiger partial charge in [-0.25, -0.2) is 0 Å². The van der Waals surface area contributed by atoms with Crippen LogP contribution in [0.5, 0.6) is 0 Å². The largest absolute Gasteiger partial charge is 0.341 e. The lowest BCUT2D eigenvalue weighted by Crippen LogP contribution is -2.29. The second kappa shape index (κ2) is 9.81. The molecule has 0 radical (unpaired) electrons. The molecule has 0 saturated carbocycles. The maximum atomic E-state index is 6.11. The lowest BCUT2D eigenvalue weighted by molar-refractivity contribution is 0.921. The minimum atomic E-state index is 0.740. The number of hydrogen-bond donors (Lipinski definition) is 0. The van der Waals surface area contributed by atoms with E-state index in [9.17, 15) is 0 Å². The minimum Gasteiger partial charge on any atom is -0.341 e. The van der Waals surface area contributed by atoms with Crippen molar-refractivity contribution in [1.82, 2.24) is 0 Å². The summed E-state index contributed by atoms with van der Waals surface area (Å²) in [6.45, 7) is 1.67. The Balaban J connectivity index is 1.33. The molecule has 6 rings (SSSR count). The van der Waals surface area contributed by atoms with Crippen LogP contribution in [-0.4, -0.2) is 24.5 Å². The molecule has 36 heavy (non-hydrogen) atoms. The zero-order chi connectivity index (χ0) is 24.5. The predicted octanol–water partition coefficient (Wildman–Crippen LogP) is 8.27. The quantitative estimate of drug-likeness (QED) is 0.259. The van der Waals surface area contributed by atoms with Crippen molar-refractivity contribution in [2.75, 3.05) is 22.9 Å². The van der Waals surface area contributed by atoms with Gasteiger partial charge in [0.2, 0.25) is 0 Å². The molecule has 0 unspecified atom stereocenters. The summed E-state index contributed by atoms with van der Waals surface area (Å²) in [4.78, 5) is 4.63. The van der Waals surface area contributed by atoms with Crippen LogP contribution in [0.25, 0.3) is 0 Å². The van der Waals surface area contributed by atoms with Crippen LogP contribution in [0.1, 0.15) is 24.0 Å². The third-order valence-electron chi connectivity index (χ3n) is 6.72. The number of para-hydroxylation sites is 2. The number of nitrogens with zero attached hydrogens (tertiary/aromatic N) is 4. The first-order valence-electron chi connectivity index (χ1n) is 12.1. The first kappa shape index (κ1) is 22.8. The Kier molecular flexibility index (Phi) is 6.22. The van der Waals surface area contributed by atoms with Crippen LogP contribution in [0.3, 0.4) is 0 Å². The second-order valence-corrected chi connectivity index (χ2v) is 9.76. The van der Waals surface area contributed by atoms with E-state index < -0.39 is 0 Å². The van der Waals surface area contributed by atoms with E-state index in [1.807, 2.05) is 24.3 Å². The Bertz CT molecular complexity index is 1350. The highest BCUT2D eigenvalue weighted by atomic mass is 35.5. The summed E-state index contributed by atoms with van der Waals surface area (Å²) in [5, 5.41) is 11.1. The summed E-state index contributed by atoms with van der Waals surface area (Å²) in [5.74, 6) is 0. The van der Waals surface area contributed by atoms with Gasteiger partial charge in [0.15, 0.2) is 0 Å². The van der Waals surface area contributed by atoms with Crippen molar-refractivity contribution in [3.05, 3.63) is 118 Å². The van der Waals surface area contributed by atoms with Crippen LogP contribution in [0.15, 0.2) is 107 Å². The summed E-state index contributed by atoms with van der Waals surface area (Å²) >= 11 is 12.2. The van der Waals surface area contributed by atoms with E-state index in [-0.39, 0.29) is 0 Å². The number of halogens is 2. The van der Waals surface area contributed by atoms with Crippen molar-refractivity contribution >= 4 is 57.4 Å². The van der Waals surface area contributed by atoms with E-state index in [0.29, 0.717) is 0 Å². The van der Waals surface area contributed by atoms with Crippen LogP contribution >= 0.6 is 23.2 Å². The highest BCUT2D eigenvalue weighted by molar-refractivity contribution is 6.31. The van der Waals surface area contributed by atoms with Gasteiger partial charge >= 0.3 is 0 Å². The standard InChI is InChI=1S/C30H24Cl2N4/c31-21-9-13-23(14-10-21)35-19-17-27(25-5-1-3-7-29(25)35)33-34-28-18-20-36(24-15-11-22(32)12-16-24)30-8-4-2-6-26(28)30/h1-16H,17-20H2/b33-27+,34-28+. The van der Waals surface area contributed by atoms with E-state index in [1.165, 1.54) is 0 Å². The van der Waals surface area contributed by atoms with Crippen molar-refractivity contribution < 1.29 is 0 Å². The number of anilines is 4. The molecule has 6 heteroatoms. The molecule has 0 aliphatic carbocycles. The van der Waals surface area contributed by atoms with Gasteiger partial charge in [-0.3, -0.25) is 0 Å². The van der Waals surface area contributed by atoms with Gasteiger partial charge in [0.05, 0.1) is 22.8 Å². The van der Waals surface area contributed by atoms with Gasteiger partial charge in [0.1, 0.15) is 0 Å². The van der Waals surface area contributed by atoms with E-state index in [2.05, 4.69) is 82.6 Å². The summed E-state index contributed by atoms with van der Waals surface area (Å²) in [6.07, 6.45) is 1.63. The van der Waals surface area contributed by atoms with Gasteiger partial charge in [-0.2, -0.15) is 10.2 Å². The highest BCUT2D eigenvalue weighted by Crippen LogP contribution is 2.36. The molecule has 2 heterocycles. The molecule has 0 fully saturated rings. The first-order chi connectivity index (χ1) is 17.7. The number of rotatable bonds is 3. The Morgan fingerprint density at radius 3 is 1.31 bits per heavy atom. The van der Waals surface area contributed by atoms with E-state index >= 15 is 0 Å². The van der Waals surface area contributed by atoms with Crippen LogP contribution in [0, 0.1) is 0 Å².